The second kappa shape index (κ2) is 7.35. The molecule has 0 aliphatic carbocycles. The van der Waals surface area contributed by atoms with Crippen LogP contribution in [0.3, 0.4) is 0 Å². The van der Waals surface area contributed by atoms with E-state index < -0.39 is 29.7 Å². The van der Waals surface area contributed by atoms with Gasteiger partial charge in [0, 0.05) is 5.92 Å². The Bertz CT molecular complexity index is 1190. The quantitative estimate of drug-likeness (QED) is 0.605. The molecule has 0 saturated carbocycles. The molecule has 2 aromatic heterocycles. The summed E-state index contributed by atoms with van der Waals surface area (Å²) >= 11 is 0. The summed E-state index contributed by atoms with van der Waals surface area (Å²) in [6, 6.07) is 6.68. The molecule has 4 heterocycles. The SMILES string of the molecule is CCC1(CC)O[C@@H](n2cnc3c(N)ncnc32)C(ON2C(=O)c3ccccc3C2=O)[C@H]1C. The fourth-order valence-corrected chi connectivity index (χ4v) is 4.82. The van der Waals surface area contributed by atoms with Crippen molar-refractivity contribution in [1.82, 2.24) is 24.6 Å². The van der Waals surface area contributed by atoms with Gasteiger partial charge in [-0.25, -0.2) is 15.0 Å². The first kappa shape index (κ1) is 20.5. The van der Waals surface area contributed by atoms with Gasteiger partial charge in [-0.05, 0) is 25.0 Å². The number of hydroxylamine groups is 2. The fraction of sp³-hybridized carbons (Fsp3) is 0.409. The van der Waals surface area contributed by atoms with E-state index in [9.17, 15) is 9.59 Å². The summed E-state index contributed by atoms with van der Waals surface area (Å²) in [6.45, 7) is 6.11. The average molecular weight is 436 g/mol. The van der Waals surface area contributed by atoms with Gasteiger partial charge in [-0.3, -0.25) is 19.0 Å². The van der Waals surface area contributed by atoms with E-state index in [0.717, 1.165) is 17.9 Å². The van der Waals surface area contributed by atoms with Crippen molar-refractivity contribution in [2.24, 2.45) is 5.92 Å². The lowest BCUT2D eigenvalue weighted by molar-refractivity contribution is -0.170. The fourth-order valence-electron chi connectivity index (χ4n) is 4.82. The highest BCUT2D eigenvalue weighted by Crippen LogP contribution is 2.48. The lowest BCUT2D eigenvalue weighted by atomic mass is 9.83. The molecule has 2 amide bonds. The van der Waals surface area contributed by atoms with Gasteiger partial charge in [0.15, 0.2) is 17.7 Å². The van der Waals surface area contributed by atoms with E-state index in [0.29, 0.717) is 22.3 Å². The zero-order valence-electron chi connectivity index (χ0n) is 18.1. The molecule has 0 bridgehead atoms. The van der Waals surface area contributed by atoms with Crippen molar-refractivity contribution in [2.45, 2.75) is 51.5 Å². The molecular formula is C22H24N6O4. The average Bonchev–Trinajstić information content (AvgIpc) is 3.43. The van der Waals surface area contributed by atoms with Crippen molar-refractivity contribution < 1.29 is 19.2 Å². The highest BCUT2D eigenvalue weighted by atomic mass is 16.7. The number of carbonyl (C=O) groups is 2. The monoisotopic (exact) mass is 436 g/mol. The summed E-state index contributed by atoms with van der Waals surface area (Å²) in [6.07, 6.45) is 3.08. The molecule has 2 N–H and O–H groups in total. The predicted octanol–water partition coefficient (Wildman–Crippen LogP) is 2.73. The number of hydrogen-bond acceptors (Lipinski definition) is 8. The van der Waals surface area contributed by atoms with Gasteiger partial charge in [0.05, 0.1) is 23.1 Å². The van der Waals surface area contributed by atoms with E-state index in [4.69, 9.17) is 15.3 Å². The molecule has 10 nitrogen and oxygen atoms in total. The maximum Gasteiger partial charge on any atom is 0.285 e. The first-order chi connectivity index (χ1) is 15.4. The van der Waals surface area contributed by atoms with Gasteiger partial charge >= 0.3 is 0 Å². The van der Waals surface area contributed by atoms with Crippen molar-refractivity contribution in [3.63, 3.8) is 0 Å². The summed E-state index contributed by atoms with van der Waals surface area (Å²) < 4.78 is 8.31. The lowest BCUT2D eigenvalue weighted by Crippen LogP contribution is -2.41. The van der Waals surface area contributed by atoms with Crippen molar-refractivity contribution in [3.05, 3.63) is 48.0 Å². The first-order valence-electron chi connectivity index (χ1n) is 10.7. The number of carbonyl (C=O) groups excluding carboxylic acids is 2. The Labute approximate surface area is 184 Å². The Kier molecular flexibility index (Phi) is 4.72. The number of nitrogen functional groups attached to an aromatic ring is 1. The summed E-state index contributed by atoms with van der Waals surface area (Å²) in [7, 11) is 0. The smallest absolute Gasteiger partial charge is 0.285 e. The van der Waals surface area contributed by atoms with E-state index in [2.05, 4.69) is 15.0 Å². The Morgan fingerprint density at radius 3 is 2.38 bits per heavy atom. The maximum absolute atomic E-state index is 12.9. The standard InChI is InChI=1S/C22H24N6O4/c1-4-22(5-2)12(3)16(32-28-19(29)13-8-6-7-9-14(13)20(28)30)21(31-22)27-11-26-15-17(23)24-10-25-18(15)27/h6-12,16,21H,4-5H2,1-3H3,(H2,23,24,25)/t12-,16?,21-/m1/s1. The molecule has 32 heavy (non-hydrogen) atoms. The summed E-state index contributed by atoms with van der Waals surface area (Å²) in [5, 5.41) is 0.853. The number of fused-ring (bicyclic) bond motifs is 2. The number of amides is 2. The summed E-state index contributed by atoms with van der Waals surface area (Å²) in [5.74, 6) is -0.841. The van der Waals surface area contributed by atoms with Crippen LogP contribution in [0.5, 0.6) is 0 Å². The second-order valence-corrected chi connectivity index (χ2v) is 8.17. The zero-order valence-corrected chi connectivity index (χ0v) is 18.1. The minimum Gasteiger partial charge on any atom is -0.382 e. The molecule has 1 aromatic carbocycles. The summed E-state index contributed by atoms with van der Waals surface area (Å²) in [5.41, 5.74) is 7.04. The van der Waals surface area contributed by atoms with E-state index in [-0.39, 0.29) is 11.7 Å². The number of hydrogen-bond donors (Lipinski definition) is 1. The number of nitrogens with two attached hydrogens (primary N) is 1. The molecule has 0 radical (unpaired) electrons. The molecule has 2 aliphatic heterocycles. The van der Waals surface area contributed by atoms with Crippen LogP contribution in [-0.4, -0.2) is 48.1 Å². The third-order valence-corrected chi connectivity index (χ3v) is 6.80. The van der Waals surface area contributed by atoms with Crippen LogP contribution >= 0.6 is 0 Å². The topological polar surface area (TPSA) is 125 Å². The highest BCUT2D eigenvalue weighted by molar-refractivity contribution is 6.20. The normalized spacial score (nSPS) is 24.5. The molecule has 1 unspecified atom stereocenters. The van der Waals surface area contributed by atoms with Crippen LogP contribution in [0.4, 0.5) is 5.82 Å². The number of nitrogens with zero attached hydrogens (tertiary/aromatic N) is 5. The Morgan fingerprint density at radius 1 is 1.09 bits per heavy atom. The van der Waals surface area contributed by atoms with Gasteiger partial charge in [-0.2, -0.15) is 0 Å². The second-order valence-electron chi connectivity index (χ2n) is 8.17. The van der Waals surface area contributed by atoms with Crippen LogP contribution in [0, 0.1) is 5.92 Å². The molecular weight excluding hydrogens is 412 g/mol. The van der Waals surface area contributed by atoms with Gasteiger partial charge in [0.2, 0.25) is 0 Å². The van der Waals surface area contributed by atoms with Crippen LogP contribution in [0.1, 0.15) is 60.6 Å². The zero-order chi connectivity index (χ0) is 22.6. The number of imidazole rings is 1. The van der Waals surface area contributed by atoms with Gasteiger partial charge in [-0.15, -0.1) is 5.06 Å². The van der Waals surface area contributed by atoms with Gasteiger partial charge in [0.25, 0.3) is 11.8 Å². The Hall–Kier alpha value is -3.37. The van der Waals surface area contributed by atoms with Gasteiger partial charge < -0.3 is 10.5 Å². The largest absolute Gasteiger partial charge is 0.382 e. The molecule has 2 aliphatic rings. The van der Waals surface area contributed by atoms with Gasteiger partial charge in [-0.1, -0.05) is 32.9 Å². The number of imide groups is 1. The molecule has 10 heteroatoms. The van der Waals surface area contributed by atoms with E-state index >= 15 is 0 Å². The predicted molar refractivity (Wildman–Crippen MR) is 114 cm³/mol. The highest BCUT2D eigenvalue weighted by Gasteiger charge is 2.55. The molecule has 0 spiro atoms. The lowest BCUT2D eigenvalue weighted by Gasteiger charge is -2.31. The van der Waals surface area contributed by atoms with E-state index in [1.54, 1.807) is 35.2 Å². The van der Waals surface area contributed by atoms with Crippen LogP contribution in [0.25, 0.3) is 11.2 Å². The van der Waals surface area contributed by atoms with E-state index in [1.165, 1.54) is 6.33 Å². The Morgan fingerprint density at radius 2 is 1.75 bits per heavy atom. The summed E-state index contributed by atoms with van der Waals surface area (Å²) in [4.78, 5) is 44.7. The van der Waals surface area contributed by atoms with Crippen LogP contribution in [0.15, 0.2) is 36.9 Å². The van der Waals surface area contributed by atoms with Gasteiger partial charge in [0.1, 0.15) is 17.9 Å². The third kappa shape index (κ3) is 2.76. The maximum atomic E-state index is 12.9. The van der Waals surface area contributed by atoms with E-state index in [1.807, 2.05) is 20.8 Å². The van der Waals surface area contributed by atoms with Crippen molar-refractivity contribution in [3.8, 4) is 0 Å². The first-order valence-corrected chi connectivity index (χ1v) is 10.7. The number of rotatable bonds is 5. The number of anilines is 1. The number of aromatic nitrogens is 4. The van der Waals surface area contributed by atoms with Crippen LogP contribution in [0.2, 0.25) is 0 Å². The minimum absolute atomic E-state index is 0.136. The molecule has 1 saturated heterocycles. The molecule has 3 aromatic rings. The van der Waals surface area contributed by atoms with Crippen molar-refractivity contribution in [1.29, 1.82) is 0 Å². The van der Waals surface area contributed by atoms with Crippen LogP contribution in [-0.2, 0) is 9.57 Å². The molecule has 3 atom stereocenters. The third-order valence-electron chi connectivity index (χ3n) is 6.80. The Balaban J connectivity index is 1.56. The molecule has 1 fully saturated rings. The van der Waals surface area contributed by atoms with Crippen LogP contribution < -0.4 is 5.73 Å². The molecule has 166 valence electrons. The number of ether oxygens (including phenoxy) is 1. The minimum atomic E-state index is -0.673. The van der Waals surface area contributed by atoms with Crippen molar-refractivity contribution in [2.75, 3.05) is 5.73 Å². The number of benzene rings is 1. The van der Waals surface area contributed by atoms with Crippen molar-refractivity contribution >= 4 is 28.8 Å². The molecule has 5 rings (SSSR count).